The fourth-order valence-electron chi connectivity index (χ4n) is 3.47. The minimum atomic E-state index is -0.352. The van der Waals surface area contributed by atoms with Crippen LogP contribution in [0.5, 0.6) is 0 Å². The van der Waals surface area contributed by atoms with E-state index >= 15 is 0 Å². The van der Waals surface area contributed by atoms with E-state index in [9.17, 15) is 9.59 Å². The molecule has 1 unspecified atom stereocenters. The van der Waals surface area contributed by atoms with Gasteiger partial charge in [-0.1, -0.05) is 18.2 Å². The van der Waals surface area contributed by atoms with Crippen LogP contribution < -0.4 is 5.32 Å². The lowest BCUT2D eigenvalue weighted by Gasteiger charge is -2.27. The number of Topliss-reactive ketones (excluding diaryl/α,β-unsaturated/α-hetero) is 1. The molecule has 0 fully saturated rings. The van der Waals surface area contributed by atoms with Crippen LogP contribution in [0, 0.1) is 0 Å². The van der Waals surface area contributed by atoms with Crippen LogP contribution in [0.2, 0.25) is 0 Å². The third-order valence-electron chi connectivity index (χ3n) is 4.41. The standard InChI is InChI=1S/C18H15NO3S/c1-9-15(10(2)20)16(17-13(19-9)7-22-18(17)21)12-8-23-14-6-4-3-5-11(12)14/h3-6,8,16,19H,7H2,1-2H3. The van der Waals surface area contributed by atoms with E-state index in [0.29, 0.717) is 11.1 Å². The van der Waals surface area contributed by atoms with Gasteiger partial charge in [0.15, 0.2) is 5.78 Å². The third kappa shape index (κ3) is 2.04. The molecule has 1 aromatic heterocycles. The first-order chi connectivity index (χ1) is 11.1. The van der Waals surface area contributed by atoms with Crippen LogP contribution in [0.25, 0.3) is 10.1 Å². The Bertz CT molecular complexity index is 917. The summed E-state index contributed by atoms with van der Waals surface area (Å²) in [5.41, 5.74) is 3.80. The van der Waals surface area contributed by atoms with Crippen molar-refractivity contribution in [2.45, 2.75) is 19.8 Å². The second-order valence-corrected chi connectivity index (χ2v) is 6.72. The molecule has 0 saturated carbocycles. The number of dihydropyridines is 1. The van der Waals surface area contributed by atoms with Gasteiger partial charge in [0.25, 0.3) is 0 Å². The Morgan fingerprint density at radius 1 is 1.35 bits per heavy atom. The number of ketones is 1. The van der Waals surface area contributed by atoms with Crippen molar-refractivity contribution in [3.63, 3.8) is 0 Å². The van der Waals surface area contributed by atoms with E-state index in [1.54, 1.807) is 18.3 Å². The van der Waals surface area contributed by atoms with E-state index in [2.05, 4.69) is 11.4 Å². The van der Waals surface area contributed by atoms with Crippen molar-refractivity contribution in [1.29, 1.82) is 0 Å². The van der Waals surface area contributed by atoms with Crippen LogP contribution in [0.1, 0.15) is 25.3 Å². The summed E-state index contributed by atoms with van der Waals surface area (Å²) < 4.78 is 6.35. The first kappa shape index (κ1) is 14.2. The Balaban J connectivity index is 1.99. The Labute approximate surface area is 137 Å². The number of benzene rings is 1. The summed E-state index contributed by atoms with van der Waals surface area (Å²) in [6.45, 7) is 3.67. The molecule has 3 heterocycles. The van der Waals surface area contributed by atoms with Crippen molar-refractivity contribution in [2.24, 2.45) is 0 Å². The van der Waals surface area contributed by atoms with Crippen LogP contribution in [0.3, 0.4) is 0 Å². The third-order valence-corrected chi connectivity index (χ3v) is 5.40. The number of esters is 1. The maximum absolute atomic E-state index is 12.3. The van der Waals surface area contributed by atoms with Crippen molar-refractivity contribution >= 4 is 33.2 Å². The number of carbonyl (C=O) groups is 2. The second-order valence-electron chi connectivity index (χ2n) is 5.81. The molecule has 0 bridgehead atoms. The van der Waals surface area contributed by atoms with Crippen molar-refractivity contribution in [2.75, 3.05) is 6.61 Å². The Morgan fingerprint density at radius 3 is 2.91 bits per heavy atom. The van der Waals surface area contributed by atoms with Gasteiger partial charge in [-0.3, -0.25) is 4.79 Å². The molecule has 0 spiro atoms. The normalized spacial score (nSPS) is 20.6. The number of thiophene rings is 1. The number of allylic oxidation sites excluding steroid dienone is 2. The van der Waals surface area contributed by atoms with Gasteiger partial charge in [0.1, 0.15) is 6.61 Å². The molecule has 0 saturated heterocycles. The summed E-state index contributed by atoms with van der Waals surface area (Å²) in [4.78, 5) is 24.6. The number of hydrogen-bond donors (Lipinski definition) is 1. The fourth-order valence-corrected chi connectivity index (χ4v) is 4.45. The smallest absolute Gasteiger partial charge is 0.337 e. The molecule has 2 aliphatic heterocycles. The summed E-state index contributed by atoms with van der Waals surface area (Å²) in [5, 5.41) is 6.31. The van der Waals surface area contributed by atoms with Crippen LogP contribution in [0.4, 0.5) is 0 Å². The Hall–Kier alpha value is -2.40. The van der Waals surface area contributed by atoms with Gasteiger partial charge in [-0.2, -0.15) is 0 Å². The minimum absolute atomic E-state index is 0.0264. The Morgan fingerprint density at radius 2 is 2.13 bits per heavy atom. The number of fused-ring (bicyclic) bond motifs is 1. The highest BCUT2D eigenvalue weighted by molar-refractivity contribution is 7.17. The summed E-state index contributed by atoms with van der Waals surface area (Å²) in [6, 6.07) is 8.06. The molecule has 1 aromatic carbocycles. The lowest BCUT2D eigenvalue weighted by atomic mass is 9.79. The van der Waals surface area contributed by atoms with Crippen LogP contribution >= 0.6 is 11.3 Å². The molecule has 116 valence electrons. The van der Waals surface area contributed by atoms with E-state index in [4.69, 9.17) is 4.74 Å². The molecule has 2 aromatic rings. The zero-order valence-corrected chi connectivity index (χ0v) is 13.6. The van der Waals surface area contributed by atoms with Gasteiger partial charge >= 0.3 is 5.97 Å². The molecule has 4 nitrogen and oxygen atoms in total. The molecule has 0 amide bonds. The van der Waals surface area contributed by atoms with Gasteiger partial charge in [0, 0.05) is 21.9 Å². The highest BCUT2D eigenvalue weighted by atomic mass is 32.1. The number of rotatable bonds is 2. The second kappa shape index (κ2) is 5.06. The van der Waals surface area contributed by atoms with E-state index in [1.165, 1.54) is 0 Å². The van der Waals surface area contributed by atoms with E-state index in [-0.39, 0.29) is 24.3 Å². The van der Waals surface area contributed by atoms with Crippen molar-refractivity contribution in [3.8, 4) is 0 Å². The number of nitrogens with one attached hydrogen (secondary N) is 1. The van der Waals surface area contributed by atoms with Crippen molar-refractivity contribution < 1.29 is 14.3 Å². The average molecular weight is 325 g/mol. The van der Waals surface area contributed by atoms with Gasteiger partial charge in [-0.15, -0.1) is 11.3 Å². The van der Waals surface area contributed by atoms with Gasteiger partial charge in [0.2, 0.25) is 0 Å². The first-order valence-corrected chi connectivity index (χ1v) is 8.31. The molecule has 1 atom stereocenters. The van der Waals surface area contributed by atoms with Gasteiger partial charge in [-0.25, -0.2) is 4.79 Å². The van der Waals surface area contributed by atoms with Crippen molar-refractivity contribution in [3.05, 3.63) is 57.7 Å². The van der Waals surface area contributed by atoms with Gasteiger partial charge < -0.3 is 10.1 Å². The summed E-state index contributed by atoms with van der Waals surface area (Å²) in [7, 11) is 0. The quantitative estimate of drug-likeness (QED) is 0.861. The molecule has 4 rings (SSSR count). The number of cyclic esters (lactones) is 1. The topological polar surface area (TPSA) is 55.4 Å². The molecule has 0 aliphatic carbocycles. The molecule has 1 N–H and O–H groups in total. The average Bonchev–Trinajstić information content (AvgIpc) is 3.10. The predicted octanol–water partition coefficient (Wildman–Crippen LogP) is 3.26. The van der Waals surface area contributed by atoms with E-state index < -0.39 is 0 Å². The lowest BCUT2D eigenvalue weighted by Crippen LogP contribution is -2.28. The fraction of sp³-hybridized carbons (Fsp3) is 0.222. The first-order valence-electron chi connectivity index (χ1n) is 7.43. The summed E-state index contributed by atoms with van der Waals surface area (Å²) >= 11 is 1.63. The van der Waals surface area contributed by atoms with E-state index in [1.807, 2.05) is 30.5 Å². The zero-order valence-electron chi connectivity index (χ0n) is 12.8. The van der Waals surface area contributed by atoms with Crippen LogP contribution in [-0.4, -0.2) is 18.4 Å². The van der Waals surface area contributed by atoms with Gasteiger partial charge in [0.05, 0.1) is 11.3 Å². The van der Waals surface area contributed by atoms with Crippen molar-refractivity contribution in [1.82, 2.24) is 5.32 Å². The SMILES string of the molecule is CC(=O)C1=C(C)NC2=C(C(=O)OC2)C1c1csc2ccccc12. The van der Waals surface area contributed by atoms with Crippen LogP contribution in [0.15, 0.2) is 52.2 Å². The number of ether oxygens (including phenoxy) is 1. The molecule has 2 aliphatic rings. The zero-order chi connectivity index (χ0) is 16.1. The lowest BCUT2D eigenvalue weighted by molar-refractivity contribution is -0.136. The minimum Gasteiger partial charge on any atom is -0.456 e. The monoisotopic (exact) mass is 325 g/mol. The molecular weight excluding hydrogens is 310 g/mol. The molecule has 23 heavy (non-hydrogen) atoms. The maximum atomic E-state index is 12.3. The number of carbonyl (C=O) groups excluding carboxylic acids is 2. The highest BCUT2D eigenvalue weighted by Crippen LogP contribution is 2.44. The maximum Gasteiger partial charge on any atom is 0.337 e. The Kier molecular flexibility index (Phi) is 3.13. The summed E-state index contributed by atoms with van der Waals surface area (Å²) in [5.74, 6) is -0.713. The molecular formula is C18H15NO3S. The predicted molar refractivity (Wildman–Crippen MR) is 89.1 cm³/mol. The molecule has 5 heteroatoms. The largest absolute Gasteiger partial charge is 0.456 e. The highest BCUT2D eigenvalue weighted by Gasteiger charge is 2.41. The van der Waals surface area contributed by atoms with E-state index in [0.717, 1.165) is 27.0 Å². The van der Waals surface area contributed by atoms with Crippen LogP contribution in [-0.2, 0) is 14.3 Å². The molecule has 0 radical (unpaired) electrons. The van der Waals surface area contributed by atoms with Gasteiger partial charge in [-0.05, 0) is 36.2 Å². The summed E-state index contributed by atoms with van der Waals surface area (Å²) in [6.07, 6.45) is 0. The number of hydrogen-bond acceptors (Lipinski definition) is 5.